The van der Waals surface area contributed by atoms with Gasteiger partial charge in [0.2, 0.25) is 0 Å². The molecule has 94 valence electrons. The maximum absolute atomic E-state index is 2.31. The SMILES string of the molecule is CC(C)C.CC(C)CCCCCC(C)C. The molecule has 0 rings (SSSR count). The van der Waals surface area contributed by atoms with Crippen LogP contribution in [-0.4, -0.2) is 0 Å². The van der Waals surface area contributed by atoms with Crippen molar-refractivity contribution in [3.05, 3.63) is 0 Å². The van der Waals surface area contributed by atoms with Gasteiger partial charge in [0.15, 0.2) is 0 Å². The predicted octanol–water partition coefficient (Wildman–Crippen LogP) is 5.91. The summed E-state index contributed by atoms with van der Waals surface area (Å²) in [4.78, 5) is 0. The van der Waals surface area contributed by atoms with Crippen LogP contribution in [0.2, 0.25) is 0 Å². The van der Waals surface area contributed by atoms with Crippen molar-refractivity contribution in [1.29, 1.82) is 0 Å². The smallest absolute Gasteiger partial charge is 0.0471 e. The highest BCUT2D eigenvalue weighted by atomic mass is 14.0. The highest BCUT2D eigenvalue weighted by molar-refractivity contribution is 4.49. The quantitative estimate of drug-likeness (QED) is 0.482. The van der Waals surface area contributed by atoms with E-state index in [9.17, 15) is 0 Å². The van der Waals surface area contributed by atoms with Gasteiger partial charge in [0.05, 0.1) is 0 Å². The Labute approximate surface area is 98.9 Å². The average Bonchev–Trinajstić information content (AvgIpc) is 2.01. The van der Waals surface area contributed by atoms with E-state index in [-0.39, 0.29) is 0 Å². The molecule has 0 saturated heterocycles. The lowest BCUT2D eigenvalue weighted by atomic mass is 10.0. The number of hydrogen-bond donors (Lipinski definition) is 0. The van der Waals surface area contributed by atoms with Crippen molar-refractivity contribution in [2.75, 3.05) is 0 Å². The van der Waals surface area contributed by atoms with E-state index < -0.39 is 0 Å². The molecule has 0 unspecified atom stereocenters. The zero-order valence-corrected chi connectivity index (χ0v) is 12.3. The van der Waals surface area contributed by atoms with E-state index in [1.54, 1.807) is 0 Å². The predicted molar refractivity (Wildman–Crippen MR) is 73.3 cm³/mol. The zero-order valence-electron chi connectivity index (χ0n) is 12.3. The first-order valence-electron chi connectivity index (χ1n) is 6.86. The van der Waals surface area contributed by atoms with Gasteiger partial charge in [0, 0.05) is 0 Å². The average molecular weight is 214 g/mol. The fourth-order valence-corrected chi connectivity index (χ4v) is 1.28. The first-order valence-corrected chi connectivity index (χ1v) is 6.86. The van der Waals surface area contributed by atoms with Gasteiger partial charge >= 0.3 is 0 Å². The molecule has 0 bridgehead atoms. The lowest BCUT2D eigenvalue weighted by Gasteiger charge is -2.05. The molecule has 0 aliphatic rings. The van der Waals surface area contributed by atoms with E-state index in [1.807, 2.05) is 0 Å². The van der Waals surface area contributed by atoms with E-state index in [2.05, 4.69) is 48.5 Å². The van der Waals surface area contributed by atoms with Crippen molar-refractivity contribution in [2.45, 2.75) is 80.6 Å². The van der Waals surface area contributed by atoms with Crippen LogP contribution in [0, 0.1) is 17.8 Å². The summed E-state index contributed by atoms with van der Waals surface area (Å²) in [5, 5.41) is 0. The topological polar surface area (TPSA) is 0 Å². The van der Waals surface area contributed by atoms with Gasteiger partial charge in [-0.05, 0) is 17.8 Å². The van der Waals surface area contributed by atoms with Crippen molar-refractivity contribution < 1.29 is 0 Å². The van der Waals surface area contributed by atoms with Crippen molar-refractivity contribution in [3.8, 4) is 0 Å². The summed E-state index contributed by atoms with van der Waals surface area (Å²) in [5.41, 5.74) is 0. The lowest BCUT2D eigenvalue weighted by molar-refractivity contribution is 0.486. The fourth-order valence-electron chi connectivity index (χ4n) is 1.28. The van der Waals surface area contributed by atoms with Crippen LogP contribution >= 0.6 is 0 Å². The monoisotopic (exact) mass is 214 g/mol. The Kier molecular flexibility index (Phi) is 14.0. The van der Waals surface area contributed by atoms with Gasteiger partial charge in [0.25, 0.3) is 0 Å². The van der Waals surface area contributed by atoms with Crippen molar-refractivity contribution in [3.63, 3.8) is 0 Å². The molecule has 0 aliphatic heterocycles. The van der Waals surface area contributed by atoms with Crippen LogP contribution in [0.15, 0.2) is 0 Å². The summed E-state index contributed by atoms with van der Waals surface area (Å²) in [6.07, 6.45) is 7.14. The summed E-state index contributed by atoms with van der Waals surface area (Å²) < 4.78 is 0. The van der Waals surface area contributed by atoms with Crippen molar-refractivity contribution in [2.24, 2.45) is 17.8 Å². The largest absolute Gasteiger partial charge is 0.0630 e. The minimum Gasteiger partial charge on any atom is -0.0630 e. The van der Waals surface area contributed by atoms with E-state index in [0.717, 1.165) is 17.8 Å². The van der Waals surface area contributed by atoms with Gasteiger partial charge in [-0.15, -0.1) is 0 Å². The molecule has 0 aromatic rings. The summed E-state index contributed by atoms with van der Waals surface area (Å²) >= 11 is 0. The highest BCUT2D eigenvalue weighted by Gasteiger charge is 1.95. The lowest BCUT2D eigenvalue weighted by Crippen LogP contribution is -1.89. The van der Waals surface area contributed by atoms with Gasteiger partial charge in [-0.3, -0.25) is 0 Å². The second kappa shape index (κ2) is 12.1. The molecule has 0 heteroatoms. The summed E-state index contributed by atoms with van der Waals surface area (Å²) in [6.45, 7) is 15.7. The molecule has 0 heterocycles. The molecule has 0 N–H and O–H groups in total. The molecule has 0 nitrogen and oxygen atoms in total. The van der Waals surface area contributed by atoms with Gasteiger partial charge < -0.3 is 0 Å². The van der Waals surface area contributed by atoms with Gasteiger partial charge in [-0.25, -0.2) is 0 Å². The van der Waals surface area contributed by atoms with E-state index in [4.69, 9.17) is 0 Å². The zero-order chi connectivity index (χ0) is 12.3. The molecule has 0 aromatic heterocycles. The van der Waals surface area contributed by atoms with Crippen LogP contribution in [0.4, 0.5) is 0 Å². The van der Waals surface area contributed by atoms with Crippen LogP contribution in [0.25, 0.3) is 0 Å². The summed E-state index contributed by atoms with van der Waals surface area (Å²) in [6, 6.07) is 0. The second-order valence-corrected chi connectivity index (χ2v) is 6.16. The molecule has 0 amide bonds. The second-order valence-electron chi connectivity index (χ2n) is 6.16. The Morgan fingerprint density at radius 3 is 1.00 bits per heavy atom. The standard InChI is InChI=1S/C11H24.C4H10/c1-10(2)8-6-5-7-9-11(3)4;1-4(2)3/h10-11H,5-9H2,1-4H3;4H,1-3H3. The Balaban J connectivity index is 0. The molecule has 0 atom stereocenters. The Morgan fingerprint density at radius 1 is 0.533 bits per heavy atom. The molecule has 0 saturated carbocycles. The van der Waals surface area contributed by atoms with E-state index >= 15 is 0 Å². The Bertz CT molecular complexity index is 87.9. The fraction of sp³-hybridized carbons (Fsp3) is 1.00. The van der Waals surface area contributed by atoms with Gasteiger partial charge in [-0.2, -0.15) is 0 Å². The molecule has 0 aliphatic carbocycles. The first kappa shape index (κ1) is 17.4. The minimum atomic E-state index is 0.833. The van der Waals surface area contributed by atoms with E-state index in [1.165, 1.54) is 32.1 Å². The van der Waals surface area contributed by atoms with Crippen LogP contribution in [0.1, 0.15) is 80.6 Å². The number of hydrogen-bond acceptors (Lipinski definition) is 0. The summed E-state index contributed by atoms with van der Waals surface area (Å²) in [5.74, 6) is 2.63. The first-order chi connectivity index (χ1) is 6.86. The van der Waals surface area contributed by atoms with E-state index in [0.29, 0.717) is 0 Å². The van der Waals surface area contributed by atoms with Gasteiger partial charge in [0.1, 0.15) is 0 Å². The van der Waals surface area contributed by atoms with Crippen LogP contribution in [0.3, 0.4) is 0 Å². The van der Waals surface area contributed by atoms with Gasteiger partial charge in [-0.1, -0.05) is 80.6 Å². The molecule has 15 heavy (non-hydrogen) atoms. The van der Waals surface area contributed by atoms with Crippen molar-refractivity contribution >= 4 is 0 Å². The number of rotatable bonds is 6. The maximum Gasteiger partial charge on any atom is -0.0471 e. The molecule has 0 fully saturated rings. The molecule has 0 radical (unpaired) electrons. The number of unbranched alkanes of at least 4 members (excludes halogenated alkanes) is 2. The van der Waals surface area contributed by atoms with Crippen molar-refractivity contribution in [1.82, 2.24) is 0 Å². The third kappa shape index (κ3) is 31.5. The highest BCUT2D eigenvalue weighted by Crippen LogP contribution is 2.12. The molecular weight excluding hydrogens is 180 g/mol. The molecule has 0 spiro atoms. The summed E-state index contributed by atoms with van der Waals surface area (Å²) in [7, 11) is 0. The Hall–Kier alpha value is 0. The molecule has 0 aromatic carbocycles. The van der Waals surface area contributed by atoms with Crippen LogP contribution in [0.5, 0.6) is 0 Å². The minimum absolute atomic E-state index is 0.833. The Morgan fingerprint density at radius 2 is 0.800 bits per heavy atom. The third-order valence-electron chi connectivity index (χ3n) is 2.06. The van der Waals surface area contributed by atoms with Crippen LogP contribution < -0.4 is 0 Å². The molecular formula is C15H34. The maximum atomic E-state index is 2.31. The normalized spacial score (nSPS) is 10.8. The van der Waals surface area contributed by atoms with Crippen LogP contribution in [-0.2, 0) is 0 Å². The third-order valence-corrected chi connectivity index (χ3v) is 2.06.